The topological polar surface area (TPSA) is 9.23 Å². The molecule has 70 valence electrons. The lowest BCUT2D eigenvalue weighted by atomic mass is 10.6. The van der Waals surface area contributed by atoms with Crippen molar-refractivity contribution < 1.29 is 9.22 Å². The summed E-state index contributed by atoms with van der Waals surface area (Å²) < 4.78 is 5.90. The summed E-state index contributed by atoms with van der Waals surface area (Å²) in [6.07, 6.45) is 0. The first kappa shape index (κ1) is 13.5. The molecule has 0 radical (unpaired) electrons. The molecule has 0 atom stereocenters. The molecule has 0 spiro atoms. The Morgan fingerprint density at radius 3 is 1.18 bits per heavy atom. The van der Waals surface area contributed by atoms with Crippen molar-refractivity contribution in [1.29, 1.82) is 0 Å². The molecule has 0 amide bonds. The normalized spacial score (nSPS) is 10.4. The minimum Gasteiger partial charge on any atom is -0.382 e. The average Bonchev–Trinajstić information content (AvgIpc) is 1.90. The highest BCUT2D eigenvalue weighted by Gasteiger charge is 1.97. The quantitative estimate of drug-likeness (QED) is 0.575. The van der Waals surface area contributed by atoms with Gasteiger partial charge in [-0.05, 0) is 20.8 Å². The van der Waals surface area contributed by atoms with Gasteiger partial charge in [0.25, 0.3) is 0 Å². The fraction of sp³-hybridized carbons (Fsp3) is 1.00. The smallest absolute Gasteiger partial charge is 0.0751 e. The molecular formula is C9H24NO+. The van der Waals surface area contributed by atoms with Gasteiger partial charge in [-0.15, -0.1) is 0 Å². The fourth-order valence-corrected chi connectivity index (χ4v) is 0.204. The van der Waals surface area contributed by atoms with Crippen LogP contribution in [0.3, 0.4) is 0 Å². The van der Waals surface area contributed by atoms with E-state index in [2.05, 4.69) is 28.1 Å². The Morgan fingerprint density at radius 2 is 1.18 bits per heavy atom. The predicted octanol–water partition coefficient (Wildman–Crippen LogP) is 1.76. The van der Waals surface area contributed by atoms with Crippen LogP contribution in [0.1, 0.15) is 20.8 Å². The number of hydrogen-bond acceptors (Lipinski definition) is 1. The van der Waals surface area contributed by atoms with E-state index in [9.17, 15) is 0 Å². The SMILES string of the molecule is CCOCC.CC[N+](C)(C)C. The van der Waals surface area contributed by atoms with Gasteiger partial charge in [0.2, 0.25) is 0 Å². The van der Waals surface area contributed by atoms with Gasteiger partial charge in [-0.25, -0.2) is 0 Å². The van der Waals surface area contributed by atoms with Crippen LogP contribution in [-0.2, 0) is 4.74 Å². The molecule has 0 heterocycles. The van der Waals surface area contributed by atoms with Crippen molar-refractivity contribution in [1.82, 2.24) is 0 Å². The zero-order chi connectivity index (χ0) is 9.33. The first-order chi connectivity index (χ1) is 4.97. The van der Waals surface area contributed by atoms with Gasteiger partial charge in [0.05, 0.1) is 27.7 Å². The van der Waals surface area contributed by atoms with Crippen molar-refractivity contribution in [2.75, 3.05) is 40.9 Å². The van der Waals surface area contributed by atoms with Gasteiger partial charge in [0, 0.05) is 13.2 Å². The van der Waals surface area contributed by atoms with Crippen molar-refractivity contribution in [3.63, 3.8) is 0 Å². The van der Waals surface area contributed by atoms with Crippen LogP contribution in [0.4, 0.5) is 0 Å². The predicted molar refractivity (Wildman–Crippen MR) is 50.7 cm³/mol. The zero-order valence-electron chi connectivity index (χ0n) is 8.98. The summed E-state index contributed by atoms with van der Waals surface area (Å²) in [4.78, 5) is 0. The third-order valence-electron chi connectivity index (χ3n) is 1.36. The highest BCUT2D eigenvalue weighted by molar-refractivity contribution is 4.07. The summed E-state index contributed by atoms with van der Waals surface area (Å²) in [6.45, 7) is 9.06. The molecule has 0 aliphatic heterocycles. The van der Waals surface area contributed by atoms with E-state index < -0.39 is 0 Å². The maximum atomic E-state index is 4.83. The molecule has 0 aliphatic carbocycles. The minimum absolute atomic E-state index is 0.844. The van der Waals surface area contributed by atoms with Gasteiger partial charge < -0.3 is 9.22 Å². The Hall–Kier alpha value is -0.0800. The first-order valence-electron chi connectivity index (χ1n) is 4.36. The van der Waals surface area contributed by atoms with E-state index in [0.29, 0.717) is 0 Å². The van der Waals surface area contributed by atoms with Gasteiger partial charge in [0.15, 0.2) is 0 Å². The minimum atomic E-state index is 0.844. The standard InChI is InChI=1S/C5H14N.C4H10O/c1-5-6(2,3)4;1-3-5-4-2/h5H2,1-4H3;3-4H2,1-2H3/q+1;. The molecular weight excluding hydrogens is 138 g/mol. The Bertz CT molecular complexity index is 64.5. The van der Waals surface area contributed by atoms with Crippen LogP contribution in [0.25, 0.3) is 0 Å². The molecule has 0 bridgehead atoms. The third kappa shape index (κ3) is 25.7. The van der Waals surface area contributed by atoms with E-state index in [0.717, 1.165) is 17.7 Å². The molecule has 0 aromatic heterocycles. The molecule has 0 rings (SSSR count). The molecule has 0 unspecified atom stereocenters. The number of quaternary nitrogens is 1. The number of ether oxygens (including phenoxy) is 1. The van der Waals surface area contributed by atoms with Crippen LogP contribution < -0.4 is 0 Å². The monoisotopic (exact) mass is 162 g/mol. The van der Waals surface area contributed by atoms with Gasteiger partial charge in [-0.1, -0.05) is 0 Å². The lowest BCUT2D eigenvalue weighted by Gasteiger charge is -2.20. The number of hydrogen-bond donors (Lipinski definition) is 0. The maximum Gasteiger partial charge on any atom is 0.0751 e. The summed E-state index contributed by atoms with van der Waals surface area (Å²) in [6, 6.07) is 0. The van der Waals surface area contributed by atoms with Gasteiger partial charge in [-0.3, -0.25) is 0 Å². The molecule has 2 heteroatoms. The van der Waals surface area contributed by atoms with Crippen LogP contribution in [0.15, 0.2) is 0 Å². The largest absolute Gasteiger partial charge is 0.382 e. The van der Waals surface area contributed by atoms with Crippen molar-refractivity contribution in [2.45, 2.75) is 20.8 Å². The lowest BCUT2D eigenvalue weighted by molar-refractivity contribution is -0.868. The summed E-state index contributed by atoms with van der Waals surface area (Å²) in [5.41, 5.74) is 0. The van der Waals surface area contributed by atoms with Crippen molar-refractivity contribution in [3.8, 4) is 0 Å². The Balaban J connectivity index is 0. The van der Waals surface area contributed by atoms with Crippen molar-refractivity contribution >= 4 is 0 Å². The molecule has 0 N–H and O–H groups in total. The zero-order valence-corrected chi connectivity index (χ0v) is 8.98. The highest BCUT2D eigenvalue weighted by atomic mass is 16.5. The number of rotatable bonds is 3. The lowest BCUT2D eigenvalue weighted by Crippen LogP contribution is -2.33. The molecule has 0 saturated carbocycles. The second kappa shape index (κ2) is 8.02. The van der Waals surface area contributed by atoms with E-state index in [1.165, 1.54) is 6.54 Å². The van der Waals surface area contributed by atoms with Gasteiger partial charge in [0.1, 0.15) is 0 Å². The van der Waals surface area contributed by atoms with E-state index >= 15 is 0 Å². The summed E-state index contributed by atoms with van der Waals surface area (Å²) in [5, 5.41) is 0. The summed E-state index contributed by atoms with van der Waals surface area (Å²) in [5.74, 6) is 0. The van der Waals surface area contributed by atoms with Crippen LogP contribution in [0.5, 0.6) is 0 Å². The van der Waals surface area contributed by atoms with Crippen LogP contribution in [-0.4, -0.2) is 45.4 Å². The Labute approximate surface area is 71.7 Å². The molecule has 0 aromatic rings. The summed E-state index contributed by atoms with van der Waals surface area (Å²) >= 11 is 0. The second-order valence-electron chi connectivity index (χ2n) is 3.39. The molecule has 11 heavy (non-hydrogen) atoms. The Kier molecular flexibility index (Phi) is 9.85. The van der Waals surface area contributed by atoms with E-state index in [1.54, 1.807) is 0 Å². The third-order valence-corrected chi connectivity index (χ3v) is 1.36. The highest BCUT2D eigenvalue weighted by Crippen LogP contribution is 1.83. The molecule has 2 nitrogen and oxygen atoms in total. The maximum absolute atomic E-state index is 4.83. The molecule has 0 aromatic carbocycles. The fourth-order valence-electron chi connectivity index (χ4n) is 0.204. The van der Waals surface area contributed by atoms with Crippen LogP contribution in [0.2, 0.25) is 0 Å². The first-order valence-corrected chi connectivity index (χ1v) is 4.36. The van der Waals surface area contributed by atoms with E-state index in [-0.39, 0.29) is 0 Å². The van der Waals surface area contributed by atoms with Crippen LogP contribution >= 0.6 is 0 Å². The molecule has 0 saturated heterocycles. The Morgan fingerprint density at radius 1 is 0.909 bits per heavy atom. The van der Waals surface area contributed by atoms with Crippen molar-refractivity contribution in [3.05, 3.63) is 0 Å². The summed E-state index contributed by atoms with van der Waals surface area (Å²) in [7, 11) is 6.54. The molecule has 0 fully saturated rings. The van der Waals surface area contributed by atoms with E-state index in [4.69, 9.17) is 4.74 Å². The number of nitrogens with zero attached hydrogens (tertiary/aromatic N) is 1. The van der Waals surface area contributed by atoms with E-state index in [1.807, 2.05) is 13.8 Å². The van der Waals surface area contributed by atoms with Gasteiger partial charge >= 0.3 is 0 Å². The van der Waals surface area contributed by atoms with Crippen LogP contribution in [0, 0.1) is 0 Å². The molecule has 0 aliphatic rings. The van der Waals surface area contributed by atoms with Crippen molar-refractivity contribution in [2.24, 2.45) is 0 Å². The van der Waals surface area contributed by atoms with Gasteiger partial charge in [-0.2, -0.15) is 0 Å². The second-order valence-corrected chi connectivity index (χ2v) is 3.39. The average molecular weight is 162 g/mol.